The highest BCUT2D eigenvalue weighted by atomic mass is 16.5. The number of hydrogen-bond acceptors (Lipinski definition) is 3. The second-order valence-corrected chi connectivity index (χ2v) is 6.16. The molecule has 2 saturated carbocycles. The average molecular weight is 274 g/mol. The van der Waals surface area contributed by atoms with Crippen molar-refractivity contribution in [2.45, 2.75) is 44.2 Å². The molecule has 1 aromatic rings. The fraction of sp³-hybridized carbons (Fsp3) is 0.562. The maximum absolute atomic E-state index is 12.3. The Balaban J connectivity index is 1.60. The molecule has 2 aliphatic rings. The lowest BCUT2D eigenvalue weighted by Gasteiger charge is -2.27. The van der Waals surface area contributed by atoms with Crippen molar-refractivity contribution >= 4 is 5.91 Å². The zero-order valence-corrected chi connectivity index (χ0v) is 11.9. The van der Waals surface area contributed by atoms with E-state index in [1.165, 1.54) is 0 Å². The van der Waals surface area contributed by atoms with E-state index < -0.39 is 0 Å². The number of carbonyl (C=O) groups is 1. The lowest BCUT2D eigenvalue weighted by Crippen LogP contribution is -2.34. The number of rotatable bonds is 3. The monoisotopic (exact) mass is 274 g/mol. The first-order valence-electron chi connectivity index (χ1n) is 7.33. The Hall–Kier alpha value is -1.55. The Bertz CT molecular complexity index is 507. The molecule has 108 valence electrons. The second-order valence-electron chi connectivity index (χ2n) is 6.16. The van der Waals surface area contributed by atoms with Crippen molar-refractivity contribution in [3.63, 3.8) is 0 Å². The SMILES string of the molecule is COc1cccc(C(=O)N[C@@H]2CC23CCC(N)CC3)c1. The molecule has 0 aromatic heterocycles. The van der Waals surface area contributed by atoms with E-state index in [0.717, 1.165) is 32.1 Å². The number of hydrogen-bond donors (Lipinski definition) is 2. The molecule has 0 radical (unpaired) electrons. The summed E-state index contributed by atoms with van der Waals surface area (Å²) >= 11 is 0. The highest BCUT2D eigenvalue weighted by molar-refractivity contribution is 5.95. The first-order chi connectivity index (χ1) is 9.63. The summed E-state index contributed by atoms with van der Waals surface area (Å²) < 4.78 is 5.15. The molecular formula is C16H22N2O2. The first kappa shape index (κ1) is 13.4. The van der Waals surface area contributed by atoms with E-state index in [2.05, 4.69) is 5.32 Å². The summed E-state index contributed by atoms with van der Waals surface area (Å²) in [5.41, 5.74) is 6.96. The predicted octanol–water partition coefficient (Wildman–Crippen LogP) is 2.08. The minimum atomic E-state index is 0.000599. The van der Waals surface area contributed by atoms with Crippen molar-refractivity contribution in [2.24, 2.45) is 11.1 Å². The van der Waals surface area contributed by atoms with E-state index in [0.29, 0.717) is 28.8 Å². The molecule has 4 nitrogen and oxygen atoms in total. The topological polar surface area (TPSA) is 64.3 Å². The van der Waals surface area contributed by atoms with E-state index in [4.69, 9.17) is 10.5 Å². The maximum Gasteiger partial charge on any atom is 0.251 e. The Morgan fingerprint density at radius 2 is 2.15 bits per heavy atom. The fourth-order valence-corrected chi connectivity index (χ4v) is 3.33. The number of carbonyl (C=O) groups excluding carboxylic acids is 1. The minimum absolute atomic E-state index is 0.000599. The van der Waals surface area contributed by atoms with Crippen molar-refractivity contribution in [1.29, 1.82) is 0 Å². The lowest BCUT2D eigenvalue weighted by molar-refractivity contribution is 0.0941. The summed E-state index contributed by atoms with van der Waals surface area (Å²) in [6.07, 6.45) is 5.58. The van der Waals surface area contributed by atoms with E-state index in [9.17, 15) is 4.79 Å². The molecule has 2 aliphatic carbocycles. The molecule has 2 fully saturated rings. The Labute approximate surface area is 119 Å². The van der Waals surface area contributed by atoms with Gasteiger partial charge in [-0.05, 0) is 55.7 Å². The molecule has 1 aromatic carbocycles. The summed E-state index contributed by atoms with van der Waals surface area (Å²) in [5, 5.41) is 3.16. The predicted molar refractivity (Wildman–Crippen MR) is 77.7 cm³/mol. The Kier molecular flexibility index (Phi) is 3.42. The highest BCUT2D eigenvalue weighted by Crippen LogP contribution is 2.56. The van der Waals surface area contributed by atoms with Crippen molar-refractivity contribution in [3.8, 4) is 5.75 Å². The van der Waals surface area contributed by atoms with Gasteiger partial charge in [-0.1, -0.05) is 6.07 Å². The third kappa shape index (κ3) is 2.52. The molecular weight excluding hydrogens is 252 g/mol. The number of amides is 1. The van der Waals surface area contributed by atoms with Gasteiger partial charge >= 0.3 is 0 Å². The summed E-state index contributed by atoms with van der Waals surface area (Å²) in [6, 6.07) is 7.98. The van der Waals surface area contributed by atoms with Gasteiger partial charge in [0.1, 0.15) is 5.75 Å². The molecule has 0 unspecified atom stereocenters. The van der Waals surface area contributed by atoms with Crippen molar-refractivity contribution < 1.29 is 9.53 Å². The number of nitrogens with one attached hydrogen (secondary N) is 1. The summed E-state index contributed by atoms with van der Waals surface area (Å²) in [7, 11) is 1.61. The molecule has 1 atom stereocenters. The molecule has 1 amide bonds. The number of ether oxygens (including phenoxy) is 1. The van der Waals surface area contributed by atoms with E-state index in [1.807, 2.05) is 18.2 Å². The summed E-state index contributed by atoms with van der Waals surface area (Å²) in [5.74, 6) is 0.715. The van der Waals surface area contributed by atoms with E-state index >= 15 is 0 Å². The van der Waals surface area contributed by atoms with Gasteiger partial charge in [0.05, 0.1) is 7.11 Å². The fourth-order valence-electron chi connectivity index (χ4n) is 3.33. The number of methoxy groups -OCH3 is 1. The molecule has 3 rings (SSSR count). The largest absolute Gasteiger partial charge is 0.497 e. The summed E-state index contributed by atoms with van der Waals surface area (Å²) in [4.78, 5) is 12.3. The van der Waals surface area contributed by atoms with Gasteiger partial charge in [0.15, 0.2) is 0 Å². The first-order valence-corrected chi connectivity index (χ1v) is 7.33. The van der Waals surface area contributed by atoms with Crippen LogP contribution >= 0.6 is 0 Å². The molecule has 20 heavy (non-hydrogen) atoms. The van der Waals surface area contributed by atoms with Gasteiger partial charge < -0.3 is 15.8 Å². The van der Waals surface area contributed by atoms with Crippen LogP contribution in [0.15, 0.2) is 24.3 Å². The van der Waals surface area contributed by atoms with Gasteiger partial charge in [0, 0.05) is 17.6 Å². The smallest absolute Gasteiger partial charge is 0.251 e. The molecule has 4 heteroatoms. The van der Waals surface area contributed by atoms with Crippen LogP contribution in [0.5, 0.6) is 5.75 Å². The number of nitrogens with two attached hydrogens (primary N) is 1. The normalized spacial score (nSPS) is 31.9. The molecule has 0 bridgehead atoms. The molecule has 0 saturated heterocycles. The van der Waals surface area contributed by atoms with Crippen molar-refractivity contribution in [2.75, 3.05) is 7.11 Å². The lowest BCUT2D eigenvalue weighted by atomic mass is 9.83. The van der Waals surface area contributed by atoms with Crippen LogP contribution in [-0.4, -0.2) is 25.1 Å². The van der Waals surface area contributed by atoms with Crippen LogP contribution in [0.1, 0.15) is 42.5 Å². The van der Waals surface area contributed by atoms with Gasteiger partial charge in [0.2, 0.25) is 0 Å². The van der Waals surface area contributed by atoms with Crippen LogP contribution < -0.4 is 15.8 Å². The summed E-state index contributed by atoms with van der Waals surface area (Å²) in [6.45, 7) is 0. The second kappa shape index (κ2) is 5.09. The Morgan fingerprint density at radius 1 is 1.40 bits per heavy atom. The van der Waals surface area contributed by atoms with Crippen LogP contribution in [0.4, 0.5) is 0 Å². The zero-order valence-electron chi connectivity index (χ0n) is 11.9. The quantitative estimate of drug-likeness (QED) is 0.887. The molecule has 0 aliphatic heterocycles. The van der Waals surface area contributed by atoms with Crippen LogP contribution in [0.3, 0.4) is 0 Å². The highest BCUT2D eigenvalue weighted by Gasteiger charge is 2.55. The van der Waals surface area contributed by atoms with E-state index in [-0.39, 0.29) is 5.91 Å². The van der Waals surface area contributed by atoms with Gasteiger partial charge in [-0.25, -0.2) is 0 Å². The van der Waals surface area contributed by atoms with Gasteiger partial charge in [-0.2, -0.15) is 0 Å². The van der Waals surface area contributed by atoms with Gasteiger partial charge in [0.25, 0.3) is 5.91 Å². The van der Waals surface area contributed by atoms with E-state index in [1.54, 1.807) is 13.2 Å². The van der Waals surface area contributed by atoms with Crippen LogP contribution in [0.25, 0.3) is 0 Å². The third-order valence-electron chi connectivity index (χ3n) is 4.85. The van der Waals surface area contributed by atoms with Crippen molar-refractivity contribution in [3.05, 3.63) is 29.8 Å². The molecule has 3 N–H and O–H groups in total. The number of benzene rings is 1. The Morgan fingerprint density at radius 3 is 2.85 bits per heavy atom. The standard InChI is InChI=1S/C16H22N2O2/c1-20-13-4-2-3-11(9-13)15(19)18-14-10-16(14)7-5-12(17)6-8-16/h2-4,9,12,14H,5-8,10,17H2,1H3,(H,18,19)/t12?,14-,16?/m1/s1. The van der Waals surface area contributed by atoms with Gasteiger partial charge in [-0.15, -0.1) is 0 Å². The molecule has 1 spiro atoms. The van der Waals surface area contributed by atoms with Crippen LogP contribution in [0, 0.1) is 5.41 Å². The molecule has 0 heterocycles. The minimum Gasteiger partial charge on any atom is -0.497 e. The third-order valence-corrected chi connectivity index (χ3v) is 4.85. The van der Waals surface area contributed by atoms with Crippen molar-refractivity contribution in [1.82, 2.24) is 5.32 Å². The average Bonchev–Trinajstić information content (AvgIpc) is 3.14. The van der Waals surface area contributed by atoms with Crippen LogP contribution in [0.2, 0.25) is 0 Å². The van der Waals surface area contributed by atoms with Crippen LogP contribution in [-0.2, 0) is 0 Å². The zero-order chi connectivity index (χ0) is 14.2. The van der Waals surface area contributed by atoms with Gasteiger partial charge in [-0.3, -0.25) is 4.79 Å². The maximum atomic E-state index is 12.3.